The number of rotatable bonds is 6. The van der Waals surface area contributed by atoms with Gasteiger partial charge in [-0.1, -0.05) is 39.0 Å². The maximum Gasteiger partial charge on any atom is 0.236 e. The summed E-state index contributed by atoms with van der Waals surface area (Å²) >= 11 is 2.70. The molecule has 2 heterocycles. The van der Waals surface area contributed by atoms with Crippen LogP contribution in [-0.4, -0.2) is 21.6 Å². The summed E-state index contributed by atoms with van der Waals surface area (Å²) in [4.78, 5) is 20.9. The van der Waals surface area contributed by atoms with Gasteiger partial charge in [0.15, 0.2) is 5.13 Å². The van der Waals surface area contributed by atoms with E-state index in [2.05, 4.69) is 37.1 Å². The molecule has 0 unspecified atom stereocenters. The topological polar surface area (TPSA) is 78.7 Å². The highest BCUT2D eigenvalue weighted by atomic mass is 32.2. The van der Waals surface area contributed by atoms with Crippen molar-refractivity contribution < 1.29 is 4.79 Å². The van der Waals surface area contributed by atoms with Gasteiger partial charge in [-0.3, -0.25) is 4.79 Å². The van der Waals surface area contributed by atoms with Crippen molar-refractivity contribution in [3.8, 4) is 6.07 Å². The van der Waals surface area contributed by atoms with Crippen LogP contribution in [0.25, 0.3) is 0 Å². The molecule has 5 nitrogen and oxygen atoms in total. The minimum Gasteiger partial charge on any atom is -0.301 e. The number of thiazole rings is 1. The van der Waals surface area contributed by atoms with E-state index in [4.69, 9.17) is 4.98 Å². The SMILES string of the molecule is CCC(C)(C)[C@H]1CCc2nc(SCC(=O)Nc3nccs3)c(C#N)cc2C1. The molecule has 142 valence electrons. The van der Waals surface area contributed by atoms with Crippen LogP contribution in [0.5, 0.6) is 0 Å². The highest BCUT2D eigenvalue weighted by Crippen LogP contribution is 2.40. The molecule has 0 radical (unpaired) electrons. The first-order chi connectivity index (χ1) is 12.9. The van der Waals surface area contributed by atoms with Gasteiger partial charge < -0.3 is 5.32 Å². The number of amides is 1. The highest BCUT2D eigenvalue weighted by Gasteiger charge is 2.32. The first-order valence-corrected chi connectivity index (χ1v) is 11.0. The largest absolute Gasteiger partial charge is 0.301 e. The lowest BCUT2D eigenvalue weighted by atomic mass is 9.69. The number of pyridine rings is 1. The minimum absolute atomic E-state index is 0.136. The molecule has 2 aromatic heterocycles. The Bertz CT molecular complexity index is 856. The number of hydrogen-bond donors (Lipinski definition) is 1. The maximum absolute atomic E-state index is 12.1. The molecule has 0 saturated heterocycles. The van der Waals surface area contributed by atoms with Crippen molar-refractivity contribution in [3.63, 3.8) is 0 Å². The average molecular weight is 401 g/mol. The third-order valence-electron chi connectivity index (χ3n) is 5.51. The van der Waals surface area contributed by atoms with Gasteiger partial charge in [0.1, 0.15) is 11.1 Å². The van der Waals surface area contributed by atoms with Gasteiger partial charge in [0.05, 0.1) is 11.3 Å². The molecule has 2 aromatic rings. The summed E-state index contributed by atoms with van der Waals surface area (Å²) in [7, 11) is 0. The molecule has 1 atom stereocenters. The molecule has 0 saturated carbocycles. The Morgan fingerprint density at radius 1 is 1.52 bits per heavy atom. The number of carbonyl (C=O) groups is 1. The highest BCUT2D eigenvalue weighted by molar-refractivity contribution is 8.00. The Labute approximate surface area is 168 Å². The van der Waals surface area contributed by atoms with Crippen molar-refractivity contribution in [1.29, 1.82) is 5.26 Å². The molecule has 0 aliphatic heterocycles. The number of thioether (sulfide) groups is 1. The van der Waals surface area contributed by atoms with Gasteiger partial charge in [0.2, 0.25) is 5.91 Å². The number of aromatic nitrogens is 2. The van der Waals surface area contributed by atoms with Crippen LogP contribution in [0.1, 0.15) is 50.4 Å². The lowest BCUT2D eigenvalue weighted by molar-refractivity contribution is -0.113. The zero-order chi connectivity index (χ0) is 19.4. The lowest BCUT2D eigenvalue weighted by Gasteiger charge is -2.37. The molecule has 3 rings (SSSR count). The van der Waals surface area contributed by atoms with E-state index in [0.717, 1.165) is 31.4 Å². The number of carbonyl (C=O) groups excluding carboxylic acids is 1. The second-order valence-electron chi connectivity index (χ2n) is 7.51. The molecular formula is C20H24N4OS2. The van der Waals surface area contributed by atoms with Crippen molar-refractivity contribution in [3.05, 3.63) is 34.5 Å². The molecule has 1 amide bonds. The Balaban J connectivity index is 1.71. The van der Waals surface area contributed by atoms with E-state index in [-0.39, 0.29) is 11.7 Å². The summed E-state index contributed by atoms with van der Waals surface area (Å²) in [5.74, 6) is 0.694. The first kappa shape index (κ1) is 19.8. The van der Waals surface area contributed by atoms with Crippen LogP contribution in [-0.2, 0) is 17.6 Å². The zero-order valence-corrected chi connectivity index (χ0v) is 17.5. The van der Waals surface area contributed by atoms with Crippen molar-refractivity contribution in [2.24, 2.45) is 11.3 Å². The average Bonchev–Trinajstić information content (AvgIpc) is 3.18. The van der Waals surface area contributed by atoms with Crippen molar-refractivity contribution in [2.45, 2.75) is 51.5 Å². The van der Waals surface area contributed by atoms with Gasteiger partial charge >= 0.3 is 0 Å². The molecule has 0 fully saturated rings. The number of anilines is 1. The van der Waals surface area contributed by atoms with Crippen LogP contribution in [0.2, 0.25) is 0 Å². The standard InChI is InChI=1S/C20H24N4OS2/c1-4-20(2,3)15-5-6-16-13(10-15)9-14(11-21)18(23-16)27-12-17(25)24-19-22-7-8-26-19/h7-9,15H,4-6,10,12H2,1-3H3,(H,22,24,25)/t15-/m0/s1. The van der Waals surface area contributed by atoms with Crippen LogP contribution in [0.3, 0.4) is 0 Å². The number of nitrogens with one attached hydrogen (secondary N) is 1. The van der Waals surface area contributed by atoms with Crippen LogP contribution >= 0.6 is 23.1 Å². The normalized spacial score (nSPS) is 16.4. The fourth-order valence-corrected chi connectivity index (χ4v) is 4.69. The molecular weight excluding hydrogens is 376 g/mol. The van der Waals surface area contributed by atoms with Gasteiger partial charge in [0.25, 0.3) is 0 Å². The van der Waals surface area contributed by atoms with Crippen LogP contribution in [0, 0.1) is 22.7 Å². The van der Waals surface area contributed by atoms with Crippen LogP contribution in [0.15, 0.2) is 22.7 Å². The fourth-order valence-electron chi connectivity index (χ4n) is 3.37. The second kappa shape index (κ2) is 8.41. The van der Waals surface area contributed by atoms with Gasteiger partial charge in [-0.05, 0) is 42.2 Å². The van der Waals surface area contributed by atoms with Crippen molar-refractivity contribution in [2.75, 3.05) is 11.1 Å². The minimum atomic E-state index is -0.136. The molecule has 1 N–H and O–H groups in total. The smallest absolute Gasteiger partial charge is 0.236 e. The monoisotopic (exact) mass is 400 g/mol. The van der Waals surface area contributed by atoms with E-state index in [0.29, 0.717) is 27.1 Å². The lowest BCUT2D eigenvalue weighted by Crippen LogP contribution is -2.29. The number of hydrogen-bond acceptors (Lipinski definition) is 6. The van der Waals surface area contributed by atoms with Crippen molar-refractivity contribution in [1.82, 2.24) is 9.97 Å². The molecule has 27 heavy (non-hydrogen) atoms. The predicted octanol–water partition coefficient (Wildman–Crippen LogP) is 4.68. The fraction of sp³-hybridized carbons (Fsp3) is 0.500. The van der Waals surface area contributed by atoms with Gasteiger partial charge in [0, 0.05) is 17.3 Å². The summed E-state index contributed by atoms with van der Waals surface area (Å²) in [6.45, 7) is 6.89. The predicted molar refractivity (Wildman–Crippen MR) is 110 cm³/mol. The van der Waals surface area contributed by atoms with E-state index in [1.807, 2.05) is 11.4 Å². The summed E-state index contributed by atoms with van der Waals surface area (Å²) < 4.78 is 0. The Morgan fingerprint density at radius 3 is 3.00 bits per heavy atom. The number of nitriles is 1. The van der Waals surface area contributed by atoms with E-state index in [1.165, 1.54) is 28.7 Å². The first-order valence-electron chi connectivity index (χ1n) is 9.18. The van der Waals surface area contributed by atoms with Gasteiger partial charge in [-0.2, -0.15) is 5.26 Å². The van der Waals surface area contributed by atoms with Gasteiger partial charge in [-0.15, -0.1) is 11.3 Å². The molecule has 0 bridgehead atoms. The summed E-state index contributed by atoms with van der Waals surface area (Å²) in [6.07, 6.45) is 5.84. The molecule has 1 aliphatic rings. The Kier molecular flexibility index (Phi) is 6.18. The molecule has 1 aliphatic carbocycles. The Hall–Kier alpha value is -1.91. The zero-order valence-electron chi connectivity index (χ0n) is 15.9. The van der Waals surface area contributed by atoms with E-state index in [1.54, 1.807) is 6.20 Å². The number of aryl methyl sites for hydroxylation is 1. The molecule has 7 heteroatoms. The van der Waals surface area contributed by atoms with E-state index < -0.39 is 0 Å². The summed E-state index contributed by atoms with van der Waals surface area (Å²) in [5, 5.41) is 15.4. The Morgan fingerprint density at radius 2 is 2.33 bits per heavy atom. The van der Waals surface area contributed by atoms with Crippen LogP contribution in [0.4, 0.5) is 5.13 Å². The summed E-state index contributed by atoms with van der Waals surface area (Å²) in [5.41, 5.74) is 3.14. The number of nitrogens with zero attached hydrogens (tertiary/aromatic N) is 3. The van der Waals surface area contributed by atoms with Gasteiger partial charge in [-0.25, -0.2) is 9.97 Å². The third-order valence-corrected chi connectivity index (χ3v) is 7.19. The van der Waals surface area contributed by atoms with Crippen molar-refractivity contribution >= 4 is 34.1 Å². The maximum atomic E-state index is 12.1. The quantitative estimate of drug-likeness (QED) is 0.712. The van der Waals surface area contributed by atoms with E-state index in [9.17, 15) is 10.1 Å². The third kappa shape index (κ3) is 4.69. The number of fused-ring (bicyclic) bond motifs is 1. The molecule has 0 aromatic carbocycles. The van der Waals surface area contributed by atoms with E-state index >= 15 is 0 Å². The van der Waals surface area contributed by atoms with Crippen LogP contribution < -0.4 is 5.32 Å². The molecule has 0 spiro atoms. The second-order valence-corrected chi connectivity index (χ2v) is 9.37. The summed E-state index contributed by atoms with van der Waals surface area (Å²) in [6, 6.07) is 4.24.